The number of halogens is 2. The molecule has 1 spiro atoms. The minimum Gasteiger partial charge on any atom is -0.304 e. The first-order valence-electron chi connectivity index (χ1n) is 12.6. The third-order valence-corrected chi connectivity index (χ3v) is 8.49. The Morgan fingerprint density at radius 3 is 2.47 bits per heavy atom. The molecule has 1 aliphatic heterocycles. The second-order valence-corrected chi connectivity index (χ2v) is 10.7. The molecular formula is C29H30F2N2O. The predicted octanol–water partition coefficient (Wildman–Crippen LogP) is 6.24. The van der Waals surface area contributed by atoms with E-state index in [0.29, 0.717) is 30.2 Å². The summed E-state index contributed by atoms with van der Waals surface area (Å²) in [6.45, 7) is 0.487. The van der Waals surface area contributed by atoms with E-state index >= 15 is 8.78 Å². The number of carbonyl (C=O) groups is 1. The minimum atomic E-state index is -0.466. The van der Waals surface area contributed by atoms with E-state index in [4.69, 9.17) is 0 Å². The van der Waals surface area contributed by atoms with Crippen molar-refractivity contribution in [1.29, 1.82) is 0 Å². The van der Waals surface area contributed by atoms with Crippen LogP contribution in [0.3, 0.4) is 0 Å². The summed E-state index contributed by atoms with van der Waals surface area (Å²) in [7, 11) is 0. The van der Waals surface area contributed by atoms with Crippen LogP contribution in [0.1, 0.15) is 50.5 Å². The van der Waals surface area contributed by atoms with E-state index in [1.165, 1.54) is 25.0 Å². The van der Waals surface area contributed by atoms with Crippen molar-refractivity contribution in [3.05, 3.63) is 65.9 Å². The quantitative estimate of drug-likeness (QED) is 0.501. The topological polar surface area (TPSA) is 42.0 Å². The molecule has 2 saturated carbocycles. The SMILES string of the molecule is O=C1CNC2(CCC(Cc3c(F)cc(-c4ccc5cccnc5c4)cc3F)CC2)CC1C1CC1. The molecule has 3 fully saturated rings. The average molecular weight is 461 g/mol. The highest BCUT2D eigenvalue weighted by Gasteiger charge is 2.47. The molecule has 1 unspecified atom stereocenters. The number of fused-ring (bicyclic) bond motifs is 1. The number of aromatic nitrogens is 1. The van der Waals surface area contributed by atoms with Crippen molar-refractivity contribution in [3.8, 4) is 11.1 Å². The molecule has 0 radical (unpaired) electrons. The maximum atomic E-state index is 15.1. The van der Waals surface area contributed by atoms with Crippen molar-refractivity contribution in [2.45, 2.75) is 56.9 Å². The number of pyridine rings is 1. The minimum absolute atomic E-state index is 0.0444. The summed E-state index contributed by atoms with van der Waals surface area (Å²) < 4.78 is 30.2. The second kappa shape index (κ2) is 8.53. The van der Waals surface area contributed by atoms with Gasteiger partial charge in [0, 0.05) is 28.6 Å². The number of nitrogens with zero attached hydrogens (tertiary/aromatic N) is 1. The van der Waals surface area contributed by atoms with Crippen LogP contribution in [0, 0.1) is 29.4 Å². The van der Waals surface area contributed by atoms with Crippen LogP contribution in [0.2, 0.25) is 0 Å². The van der Waals surface area contributed by atoms with Crippen LogP contribution in [0.4, 0.5) is 8.78 Å². The zero-order valence-corrected chi connectivity index (χ0v) is 19.3. The largest absolute Gasteiger partial charge is 0.304 e. The highest BCUT2D eigenvalue weighted by molar-refractivity contribution is 5.85. The van der Waals surface area contributed by atoms with E-state index < -0.39 is 11.6 Å². The first kappa shape index (κ1) is 21.8. The van der Waals surface area contributed by atoms with Crippen molar-refractivity contribution in [2.24, 2.45) is 17.8 Å². The number of hydrogen-bond donors (Lipinski definition) is 1. The first-order valence-corrected chi connectivity index (χ1v) is 12.6. The van der Waals surface area contributed by atoms with Gasteiger partial charge < -0.3 is 5.32 Å². The van der Waals surface area contributed by atoms with Gasteiger partial charge in [-0.2, -0.15) is 0 Å². The number of carbonyl (C=O) groups excluding carboxylic acids is 1. The van der Waals surface area contributed by atoms with Crippen molar-refractivity contribution in [1.82, 2.24) is 10.3 Å². The zero-order chi connectivity index (χ0) is 23.3. The average Bonchev–Trinajstić information content (AvgIpc) is 3.69. The Kier molecular flexibility index (Phi) is 5.48. The Balaban J connectivity index is 1.15. The first-order chi connectivity index (χ1) is 16.5. The zero-order valence-electron chi connectivity index (χ0n) is 19.3. The van der Waals surface area contributed by atoms with Crippen molar-refractivity contribution >= 4 is 16.7 Å². The summed E-state index contributed by atoms with van der Waals surface area (Å²) in [5.74, 6) is 0.541. The fourth-order valence-electron chi connectivity index (χ4n) is 6.26. The van der Waals surface area contributed by atoms with Gasteiger partial charge in [0.2, 0.25) is 0 Å². The van der Waals surface area contributed by atoms with Gasteiger partial charge in [0.1, 0.15) is 17.4 Å². The molecule has 2 aromatic carbocycles. The lowest BCUT2D eigenvalue weighted by molar-refractivity contribution is -0.126. The molecule has 176 valence electrons. The standard InChI is InChI=1S/C29H30F2N2O/c30-25-13-22(21-6-5-20-2-1-11-32-27(20)15-21)14-26(31)23(25)12-18-7-9-29(10-8-18)16-24(19-3-4-19)28(34)17-33-29/h1-2,5-6,11,13-15,18-19,24,33H,3-4,7-10,12,16-17H2. The summed E-state index contributed by atoms with van der Waals surface area (Å²) in [5, 5.41) is 4.54. The molecule has 0 bridgehead atoms. The van der Waals surface area contributed by atoms with Crippen molar-refractivity contribution in [3.63, 3.8) is 0 Å². The molecule has 34 heavy (non-hydrogen) atoms. The summed E-state index contributed by atoms with van der Waals surface area (Å²) in [5.41, 5.74) is 2.35. The fourth-order valence-corrected chi connectivity index (χ4v) is 6.26. The van der Waals surface area contributed by atoms with Gasteiger partial charge in [-0.15, -0.1) is 0 Å². The number of nitrogens with one attached hydrogen (secondary N) is 1. The lowest BCUT2D eigenvalue weighted by Crippen LogP contribution is -2.56. The van der Waals surface area contributed by atoms with Gasteiger partial charge in [0.25, 0.3) is 0 Å². The van der Waals surface area contributed by atoms with Crippen LogP contribution in [0.5, 0.6) is 0 Å². The molecule has 3 nitrogen and oxygen atoms in total. The van der Waals surface area contributed by atoms with Gasteiger partial charge in [-0.3, -0.25) is 9.78 Å². The number of Topliss-reactive ketones (excluding diaryl/α,β-unsaturated/α-hetero) is 1. The van der Waals surface area contributed by atoms with Gasteiger partial charge in [0.15, 0.2) is 0 Å². The molecule has 1 N–H and O–H groups in total. The number of ketones is 1. The second-order valence-electron chi connectivity index (χ2n) is 10.7. The highest BCUT2D eigenvalue weighted by Crippen LogP contribution is 2.47. The maximum Gasteiger partial charge on any atom is 0.150 e. The smallest absolute Gasteiger partial charge is 0.150 e. The monoisotopic (exact) mass is 460 g/mol. The van der Waals surface area contributed by atoms with Crippen LogP contribution in [0.15, 0.2) is 48.7 Å². The van der Waals surface area contributed by atoms with E-state index in [2.05, 4.69) is 10.3 Å². The Bertz CT molecular complexity index is 1220. The van der Waals surface area contributed by atoms with Crippen LogP contribution < -0.4 is 5.32 Å². The van der Waals surface area contributed by atoms with Gasteiger partial charge in [-0.1, -0.05) is 18.2 Å². The molecular weight excluding hydrogens is 430 g/mol. The number of piperidine rings is 1. The third-order valence-electron chi connectivity index (χ3n) is 8.49. The molecule has 0 amide bonds. The predicted molar refractivity (Wildman–Crippen MR) is 129 cm³/mol. The van der Waals surface area contributed by atoms with Gasteiger partial charge in [0.05, 0.1) is 12.1 Å². The molecule has 1 atom stereocenters. The van der Waals surface area contributed by atoms with Crippen LogP contribution in [0.25, 0.3) is 22.0 Å². The fraction of sp³-hybridized carbons (Fsp3) is 0.448. The van der Waals surface area contributed by atoms with Crippen LogP contribution in [-0.4, -0.2) is 22.9 Å². The third kappa shape index (κ3) is 4.15. The van der Waals surface area contributed by atoms with Gasteiger partial charge in [-0.25, -0.2) is 8.78 Å². The van der Waals surface area contributed by atoms with Crippen LogP contribution in [-0.2, 0) is 11.2 Å². The number of benzene rings is 2. The summed E-state index contributed by atoms with van der Waals surface area (Å²) >= 11 is 0. The maximum absolute atomic E-state index is 15.1. The lowest BCUT2D eigenvalue weighted by Gasteiger charge is -2.46. The Hall–Kier alpha value is -2.66. The molecule has 5 heteroatoms. The highest BCUT2D eigenvalue weighted by atomic mass is 19.1. The molecule has 1 aromatic heterocycles. The van der Waals surface area contributed by atoms with E-state index in [9.17, 15) is 4.79 Å². The van der Waals surface area contributed by atoms with Crippen molar-refractivity contribution < 1.29 is 13.6 Å². The molecule has 3 aromatic rings. The molecule has 1 saturated heterocycles. The lowest BCUT2D eigenvalue weighted by atomic mass is 9.68. The molecule has 2 heterocycles. The van der Waals surface area contributed by atoms with E-state index in [-0.39, 0.29) is 22.9 Å². The van der Waals surface area contributed by atoms with E-state index in [1.807, 2.05) is 30.3 Å². The number of hydrogen-bond acceptors (Lipinski definition) is 3. The van der Waals surface area contributed by atoms with Crippen molar-refractivity contribution in [2.75, 3.05) is 6.54 Å². The Labute approximate surface area is 199 Å². The van der Waals surface area contributed by atoms with Gasteiger partial charge in [-0.05, 0) is 98.6 Å². The molecule has 6 rings (SSSR count). The van der Waals surface area contributed by atoms with Crippen LogP contribution >= 0.6 is 0 Å². The number of rotatable bonds is 4. The normalized spacial score (nSPS) is 27.4. The summed E-state index contributed by atoms with van der Waals surface area (Å²) in [6.07, 6.45) is 9.33. The molecule has 2 aliphatic carbocycles. The van der Waals surface area contributed by atoms with E-state index in [0.717, 1.165) is 48.6 Å². The molecule has 3 aliphatic rings. The summed E-state index contributed by atoms with van der Waals surface area (Å²) in [6, 6.07) is 12.5. The Morgan fingerprint density at radius 1 is 0.971 bits per heavy atom. The summed E-state index contributed by atoms with van der Waals surface area (Å²) in [4.78, 5) is 16.7. The van der Waals surface area contributed by atoms with E-state index in [1.54, 1.807) is 6.20 Å². The Morgan fingerprint density at radius 2 is 1.74 bits per heavy atom. The van der Waals surface area contributed by atoms with Gasteiger partial charge >= 0.3 is 0 Å².